The summed E-state index contributed by atoms with van der Waals surface area (Å²) in [5.74, 6) is 0.679. The van der Waals surface area contributed by atoms with E-state index < -0.39 is 6.10 Å². The van der Waals surface area contributed by atoms with E-state index in [4.69, 9.17) is 14.2 Å². The molecule has 0 fully saturated rings. The number of hydrogen-bond acceptors (Lipinski definition) is 5. The van der Waals surface area contributed by atoms with Gasteiger partial charge in [0.1, 0.15) is 23.4 Å². The van der Waals surface area contributed by atoms with E-state index in [0.717, 1.165) is 27.8 Å². The maximum absolute atomic E-state index is 15.0. The number of ether oxygens (including phenoxy) is 3. The van der Waals surface area contributed by atoms with Crippen molar-refractivity contribution >= 4 is 5.97 Å². The number of nitrogens with zero attached hydrogens (tertiary/aromatic N) is 1. The van der Waals surface area contributed by atoms with Gasteiger partial charge in [0.05, 0.1) is 31.8 Å². The van der Waals surface area contributed by atoms with Crippen LogP contribution in [0.15, 0.2) is 48.5 Å². The summed E-state index contributed by atoms with van der Waals surface area (Å²) < 4.78 is 31.8. The third-order valence-corrected chi connectivity index (χ3v) is 6.81. The summed E-state index contributed by atoms with van der Waals surface area (Å²) in [6, 6.07) is 16.7. The number of hydrogen-bond donors (Lipinski definition) is 0. The second-order valence-electron chi connectivity index (χ2n) is 8.71. The van der Waals surface area contributed by atoms with Crippen LogP contribution in [0, 0.1) is 24.1 Å². The number of halogens is 1. The molecule has 2 aliphatic rings. The summed E-state index contributed by atoms with van der Waals surface area (Å²) in [4.78, 5) is 11.7. The van der Waals surface area contributed by atoms with Crippen molar-refractivity contribution in [3.05, 3.63) is 82.2 Å². The molecule has 3 aromatic rings. The average molecular weight is 458 g/mol. The molecule has 5 nitrogen and oxygen atoms in total. The van der Waals surface area contributed by atoms with Crippen molar-refractivity contribution < 1.29 is 23.4 Å². The third-order valence-electron chi connectivity index (χ3n) is 6.81. The zero-order valence-electron chi connectivity index (χ0n) is 19.1. The number of fused-ring (bicyclic) bond motifs is 2. The van der Waals surface area contributed by atoms with Crippen molar-refractivity contribution in [2.24, 2.45) is 0 Å². The first-order valence-electron chi connectivity index (χ1n) is 11.3. The van der Waals surface area contributed by atoms with E-state index in [1.54, 1.807) is 12.1 Å². The van der Waals surface area contributed by atoms with Crippen LogP contribution in [0.3, 0.4) is 0 Å². The monoisotopic (exact) mass is 457 g/mol. The molecule has 1 heterocycles. The molecule has 3 aromatic carbocycles. The highest BCUT2D eigenvalue weighted by molar-refractivity contribution is 5.75. The molecule has 0 saturated carbocycles. The van der Waals surface area contributed by atoms with Crippen molar-refractivity contribution in [1.29, 1.82) is 5.26 Å². The van der Waals surface area contributed by atoms with Crippen molar-refractivity contribution in [2.45, 2.75) is 38.2 Å². The number of benzene rings is 3. The van der Waals surface area contributed by atoms with Gasteiger partial charge in [0, 0.05) is 23.1 Å². The fraction of sp³-hybridized carbons (Fsp3) is 0.286. The van der Waals surface area contributed by atoms with E-state index in [9.17, 15) is 10.1 Å². The number of nitriles is 1. The molecule has 0 saturated heterocycles. The van der Waals surface area contributed by atoms with Crippen LogP contribution in [-0.4, -0.2) is 19.7 Å². The first-order chi connectivity index (χ1) is 16.5. The molecule has 0 aromatic heterocycles. The Kier molecular flexibility index (Phi) is 5.70. The van der Waals surface area contributed by atoms with E-state index in [1.807, 2.05) is 37.3 Å². The minimum atomic E-state index is -0.417. The van der Waals surface area contributed by atoms with Crippen LogP contribution >= 0.6 is 0 Å². The van der Waals surface area contributed by atoms with Crippen LogP contribution in [0.25, 0.3) is 11.1 Å². The fourth-order valence-electron chi connectivity index (χ4n) is 5.04. The zero-order valence-corrected chi connectivity index (χ0v) is 19.1. The van der Waals surface area contributed by atoms with Crippen molar-refractivity contribution in [3.63, 3.8) is 0 Å². The van der Waals surface area contributed by atoms with Crippen LogP contribution in [0.1, 0.15) is 52.7 Å². The Hall–Kier alpha value is -3.85. The molecular formula is C28H24FNO4. The highest BCUT2D eigenvalue weighted by Gasteiger charge is 2.32. The lowest BCUT2D eigenvalue weighted by atomic mass is 9.91. The first-order valence-corrected chi connectivity index (χ1v) is 11.3. The fourth-order valence-corrected chi connectivity index (χ4v) is 5.04. The lowest BCUT2D eigenvalue weighted by Gasteiger charge is -2.18. The predicted molar refractivity (Wildman–Crippen MR) is 124 cm³/mol. The van der Waals surface area contributed by atoms with Gasteiger partial charge in [-0.15, -0.1) is 0 Å². The molecule has 0 spiro atoms. The summed E-state index contributed by atoms with van der Waals surface area (Å²) in [7, 11) is 1.38. The zero-order chi connectivity index (χ0) is 23.8. The van der Waals surface area contributed by atoms with Gasteiger partial charge in [0.25, 0.3) is 0 Å². The quantitative estimate of drug-likeness (QED) is 0.455. The maximum atomic E-state index is 15.0. The molecule has 6 heteroatoms. The normalized spacial score (nSPS) is 17.9. The Morgan fingerprint density at radius 2 is 2.06 bits per heavy atom. The largest absolute Gasteiger partial charge is 0.492 e. The number of methoxy groups -OCH3 is 1. The molecule has 0 unspecified atom stereocenters. The van der Waals surface area contributed by atoms with Crippen LogP contribution in [0.4, 0.5) is 4.39 Å². The van der Waals surface area contributed by atoms with Gasteiger partial charge in [-0.1, -0.05) is 24.3 Å². The number of carbonyl (C=O) groups excluding carboxylic acids is 1. The van der Waals surface area contributed by atoms with Gasteiger partial charge in [-0.2, -0.15) is 5.26 Å². The van der Waals surface area contributed by atoms with Crippen molar-refractivity contribution in [3.8, 4) is 28.7 Å². The van der Waals surface area contributed by atoms with E-state index in [2.05, 4.69) is 6.07 Å². The van der Waals surface area contributed by atoms with Gasteiger partial charge in [-0.3, -0.25) is 4.79 Å². The lowest BCUT2D eigenvalue weighted by molar-refractivity contribution is -0.141. The van der Waals surface area contributed by atoms with E-state index in [0.29, 0.717) is 42.1 Å². The van der Waals surface area contributed by atoms with Gasteiger partial charge in [-0.25, -0.2) is 4.39 Å². The van der Waals surface area contributed by atoms with Gasteiger partial charge in [0.2, 0.25) is 0 Å². The minimum absolute atomic E-state index is 0.0453. The minimum Gasteiger partial charge on any atom is -0.492 e. The summed E-state index contributed by atoms with van der Waals surface area (Å²) >= 11 is 0. The number of rotatable bonds is 5. The molecule has 2 atom stereocenters. The van der Waals surface area contributed by atoms with Gasteiger partial charge >= 0.3 is 5.97 Å². The highest BCUT2D eigenvalue weighted by atomic mass is 19.1. The van der Waals surface area contributed by atoms with E-state index >= 15 is 4.39 Å². The van der Waals surface area contributed by atoms with Crippen LogP contribution < -0.4 is 9.47 Å². The Morgan fingerprint density at radius 1 is 1.21 bits per heavy atom. The number of esters is 1. The molecule has 1 aliphatic carbocycles. The molecule has 1 aliphatic heterocycles. The van der Waals surface area contributed by atoms with Gasteiger partial charge < -0.3 is 14.2 Å². The first kappa shape index (κ1) is 22.0. The van der Waals surface area contributed by atoms with Crippen molar-refractivity contribution in [1.82, 2.24) is 0 Å². The Morgan fingerprint density at radius 3 is 2.85 bits per heavy atom. The maximum Gasteiger partial charge on any atom is 0.306 e. The topological polar surface area (TPSA) is 68.6 Å². The molecule has 0 N–H and O–H groups in total. The average Bonchev–Trinajstić information content (AvgIpc) is 3.44. The Balaban J connectivity index is 1.43. The molecule has 0 amide bonds. The molecule has 0 radical (unpaired) electrons. The summed E-state index contributed by atoms with van der Waals surface area (Å²) in [5, 5.41) is 9.41. The smallest absolute Gasteiger partial charge is 0.306 e. The Bertz CT molecular complexity index is 1330. The standard InChI is InChI=1S/C28H24FNO4/c1-16-17(14-30)4-3-5-20(16)22-8-10-24(29)28-23(22)9-11-25(28)34-19-6-7-21-18(12-27(31)32-2)15-33-26(21)13-19/h3-8,10,13,18,25H,9,11-12,15H2,1-2H3/t18-,25-/m1/s1. The number of carbonyl (C=O) groups is 1. The third kappa shape index (κ3) is 3.77. The second-order valence-corrected chi connectivity index (χ2v) is 8.71. The molecular weight excluding hydrogens is 433 g/mol. The van der Waals surface area contributed by atoms with Crippen LogP contribution in [-0.2, 0) is 16.0 Å². The van der Waals surface area contributed by atoms with E-state index in [-0.39, 0.29) is 24.1 Å². The summed E-state index contributed by atoms with van der Waals surface area (Å²) in [6.07, 6.45) is 1.19. The van der Waals surface area contributed by atoms with Crippen LogP contribution in [0.5, 0.6) is 11.5 Å². The van der Waals surface area contributed by atoms with E-state index in [1.165, 1.54) is 13.2 Å². The Labute approximate surface area is 197 Å². The molecule has 172 valence electrons. The van der Waals surface area contributed by atoms with Crippen LogP contribution in [0.2, 0.25) is 0 Å². The summed E-state index contributed by atoms with van der Waals surface area (Å²) in [5.41, 5.74) is 5.85. The predicted octanol–water partition coefficient (Wildman–Crippen LogP) is 5.78. The van der Waals surface area contributed by atoms with Crippen molar-refractivity contribution in [2.75, 3.05) is 13.7 Å². The highest BCUT2D eigenvalue weighted by Crippen LogP contribution is 2.44. The molecule has 5 rings (SSSR count). The second kappa shape index (κ2) is 8.83. The SMILES string of the molecule is COC(=O)C[C@@H]1COc2cc(O[C@@H]3CCc4c(-c5cccc(C#N)c5C)ccc(F)c43)ccc21. The molecule has 34 heavy (non-hydrogen) atoms. The van der Waals surface area contributed by atoms with Gasteiger partial charge in [-0.05, 0) is 60.2 Å². The lowest BCUT2D eigenvalue weighted by Crippen LogP contribution is -2.09. The van der Waals surface area contributed by atoms with Gasteiger partial charge in [0.15, 0.2) is 0 Å². The summed E-state index contributed by atoms with van der Waals surface area (Å²) in [6.45, 7) is 2.34. The molecule has 0 bridgehead atoms.